The molecule has 0 saturated heterocycles. The van der Waals surface area contributed by atoms with Gasteiger partial charge < -0.3 is 16.4 Å². The summed E-state index contributed by atoms with van der Waals surface area (Å²) in [5.74, 6) is 1.85. The summed E-state index contributed by atoms with van der Waals surface area (Å²) >= 11 is 0. The summed E-state index contributed by atoms with van der Waals surface area (Å²) in [6.07, 6.45) is 1.53. The Morgan fingerprint density at radius 1 is 1.38 bits per heavy atom. The van der Waals surface area contributed by atoms with Crippen molar-refractivity contribution >= 4 is 17.3 Å². The Balaban J connectivity index is 3.18. The molecule has 0 aliphatic heterocycles. The van der Waals surface area contributed by atoms with Crippen molar-refractivity contribution in [3.8, 4) is 0 Å². The largest absolute Gasteiger partial charge is 0.393 e. The van der Waals surface area contributed by atoms with E-state index in [-0.39, 0.29) is 0 Å². The highest BCUT2D eigenvalue weighted by Crippen LogP contribution is 2.22. The molecule has 1 aromatic heterocycles. The molecule has 0 spiro atoms. The molecular formula is C8H13N5. The minimum Gasteiger partial charge on any atom is -0.393 e. The molecule has 0 fully saturated rings. The molecule has 5 heteroatoms. The van der Waals surface area contributed by atoms with Crippen molar-refractivity contribution < 1.29 is 0 Å². The number of aromatic nitrogens is 2. The van der Waals surface area contributed by atoms with Crippen LogP contribution in [0, 0.1) is 6.92 Å². The molecule has 1 aromatic rings. The normalized spacial score (nSPS) is 9.38. The summed E-state index contributed by atoms with van der Waals surface area (Å²) < 4.78 is 0. The maximum atomic E-state index is 5.75. The van der Waals surface area contributed by atoms with Gasteiger partial charge in [-0.25, -0.2) is 9.97 Å². The highest BCUT2D eigenvalue weighted by molar-refractivity contribution is 5.74. The second-order valence-corrected chi connectivity index (χ2v) is 2.48. The molecule has 0 atom stereocenters. The van der Waals surface area contributed by atoms with Crippen molar-refractivity contribution in [2.45, 2.75) is 6.92 Å². The maximum Gasteiger partial charge on any atom is 0.159 e. The first-order valence-corrected chi connectivity index (χ1v) is 3.88. The van der Waals surface area contributed by atoms with Crippen molar-refractivity contribution in [3.05, 3.63) is 18.6 Å². The third kappa shape index (κ3) is 1.87. The average molecular weight is 179 g/mol. The van der Waals surface area contributed by atoms with Crippen LogP contribution in [-0.2, 0) is 0 Å². The van der Waals surface area contributed by atoms with Gasteiger partial charge in [0.15, 0.2) is 11.6 Å². The van der Waals surface area contributed by atoms with Gasteiger partial charge in [-0.3, -0.25) is 0 Å². The Morgan fingerprint density at radius 2 is 2.00 bits per heavy atom. The summed E-state index contributed by atoms with van der Waals surface area (Å²) in [6.45, 7) is 5.33. The number of aryl methyl sites for hydroxylation is 1. The topological polar surface area (TPSA) is 75.9 Å². The molecule has 0 bridgehead atoms. The van der Waals surface area contributed by atoms with Crippen molar-refractivity contribution in [2.75, 3.05) is 23.4 Å². The van der Waals surface area contributed by atoms with Gasteiger partial charge in [-0.15, -0.1) is 0 Å². The number of nitrogens with two attached hydrogens (primary N) is 1. The quantitative estimate of drug-likeness (QED) is 0.644. The lowest BCUT2D eigenvalue weighted by molar-refractivity contribution is 1.06. The lowest BCUT2D eigenvalue weighted by Crippen LogP contribution is -2.06. The Labute approximate surface area is 77.1 Å². The van der Waals surface area contributed by atoms with E-state index in [2.05, 4.69) is 27.2 Å². The van der Waals surface area contributed by atoms with Gasteiger partial charge in [0, 0.05) is 7.05 Å². The van der Waals surface area contributed by atoms with E-state index in [9.17, 15) is 0 Å². The lowest BCUT2D eigenvalue weighted by Gasteiger charge is -2.09. The second kappa shape index (κ2) is 3.75. The fourth-order valence-electron chi connectivity index (χ4n) is 0.978. The number of anilines is 3. The molecule has 0 radical (unpaired) electrons. The highest BCUT2D eigenvalue weighted by atomic mass is 15.1. The molecule has 13 heavy (non-hydrogen) atoms. The minimum atomic E-state index is 0.494. The molecule has 1 heterocycles. The number of nitrogens with one attached hydrogen (secondary N) is 2. The Bertz CT molecular complexity index is 321. The van der Waals surface area contributed by atoms with Crippen LogP contribution in [0.4, 0.5) is 17.3 Å². The summed E-state index contributed by atoms with van der Waals surface area (Å²) in [6, 6.07) is 0. The van der Waals surface area contributed by atoms with Gasteiger partial charge in [0.25, 0.3) is 0 Å². The van der Waals surface area contributed by atoms with Gasteiger partial charge in [0.1, 0.15) is 11.5 Å². The number of hydrogen-bond acceptors (Lipinski definition) is 5. The Kier molecular flexibility index (Phi) is 2.69. The SMILES string of the molecule is C=CNc1nc(C)nc(NC)c1N. The molecule has 70 valence electrons. The predicted molar refractivity (Wildman–Crippen MR) is 54.5 cm³/mol. The van der Waals surface area contributed by atoms with E-state index in [4.69, 9.17) is 5.73 Å². The number of nitrogen functional groups attached to an aromatic ring is 1. The first-order chi connectivity index (χ1) is 6.19. The van der Waals surface area contributed by atoms with Crippen LogP contribution < -0.4 is 16.4 Å². The van der Waals surface area contributed by atoms with Gasteiger partial charge in [-0.2, -0.15) is 0 Å². The molecule has 0 aromatic carbocycles. The molecular weight excluding hydrogens is 166 g/mol. The van der Waals surface area contributed by atoms with E-state index in [1.54, 1.807) is 14.0 Å². The van der Waals surface area contributed by atoms with Crippen molar-refractivity contribution in [2.24, 2.45) is 0 Å². The van der Waals surface area contributed by atoms with E-state index in [1.807, 2.05) is 0 Å². The zero-order chi connectivity index (χ0) is 9.84. The van der Waals surface area contributed by atoms with E-state index >= 15 is 0 Å². The summed E-state index contributed by atoms with van der Waals surface area (Å²) in [5, 5.41) is 5.72. The molecule has 4 N–H and O–H groups in total. The van der Waals surface area contributed by atoms with Gasteiger partial charge in [0.05, 0.1) is 0 Å². The lowest BCUT2D eigenvalue weighted by atomic mass is 10.4. The zero-order valence-corrected chi connectivity index (χ0v) is 7.76. The molecule has 5 nitrogen and oxygen atoms in total. The van der Waals surface area contributed by atoms with Crippen LogP contribution in [0.3, 0.4) is 0 Å². The van der Waals surface area contributed by atoms with E-state index in [0.29, 0.717) is 23.1 Å². The summed E-state index contributed by atoms with van der Waals surface area (Å²) in [4.78, 5) is 8.23. The van der Waals surface area contributed by atoms with E-state index in [0.717, 1.165) is 0 Å². The predicted octanol–water partition coefficient (Wildman–Crippen LogP) is 0.964. The summed E-state index contributed by atoms with van der Waals surface area (Å²) in [5.41, 5.74) is 6.24. The fraction of sp³-hybridized carbons (Fsp3) is 0.250. The van der Waals surface area contributed by atoms with E-state index < -0.39 is 0 Å². The first kappa shape index (κ1) is 9.31. The summed E-state index contributed by atoms with van der Waals surface area (Å²) in [7, 11) is 1.76. The number of hydrogen-bond donors (Lipinski definition) is 3. The average Bonchev–Trinajstić information content (AvgIpc) is 2.11. The third-order valence-corrected chi connectivity index (χ3v) is 1.53. The van der Waals surface area contributed by atoms with E-state index in [1.165, 1.54) is 6.20 Å². The van der Waals surface area contributed by atoms with Gasteiger partial charge >= 0.3 is 0 Å². The Morgan fingerprint density at radius 3 is 2.54 bits per heavy atom. The van der Waals surface area contributed by atoms with Gasteiger partial charge in [-0.05, 0) is 13.1 Å². The van der Waals surface area contributed by atoms with Crippen molar-refractivity contribution in [1.82, 2.24) is 9.97 Å². The van der Waals surface area contributed by atoms with Crippen LogP contribution in [0.15, 0.2) is 12.8 Å². The fourth-order valence-corrected chi connectivity index (χ4v) is 0.978. The maximum absolute atomic E-state index is 5.75. The molecule has 0 saturated carbocycles. The van der Waals surface area contributed by atoms with Crippen LogP contribution in [0.1, 0.15) is 5.82 Å². The van der Waals surface area contributed by atoms with Crippen LogP contribution in [0.5, 0.6) is 0 Å². The van der Waals surface area contributed by atoms with Crippen LogP contribution in [-0.4, -0.2) is 17.0 Å². The number of nitrogens with zero attached hydrogens (tertiary/aromatic N) is 2. The zero-order valence-electron chi connectivity index (χ0n) is 7.76. The van der Waals surface area contributed by atoms with Crippen LogP contribution >= 0.6 is 0 Å². The highest BCUT2D eigenvalue weighted by Gasteiger charge is 2.06. The number of rotatable bonds is 3. The molecule has 0 aliphatic carbocycles. The second-order valence-electron chi connectivity index (χ2n) is 2.48. The van der Waals surface area contributed by atoms with Gasteiger partial charge in [0.2, 0.25) is 0 Å². The smallest absolute Gasteiger partial charge is 0.159 e. The molecule has 0 unspecified atom stereocenters. The standard InChI is InChI=1S/C8H13N5/c1-4-11-8-6(9)7(10-3)12-5(2)13-8/h4H,1,9H2,2-3H3,(H2,10,11,12,13). The first-order valence-electron chi connectivity index (χ1n) is 3.88. The molecule has 0 amide bonds. The van der Waals surface area contributed by atoms with Crippen molar-refractivity contribution in [1.29, 1.82) is 0 Å². The third-order valence-electron chi connectivity index (χ3n) is 1.53. The van der Waals surface area contributed by atoms with Gasteiger partial charge in [-0.1, -0.05) is 6.58 Å². The Hall–Kier alpha value is -1.78. The minimum absolute atomic E-state index is 0.494. The monoisotopic (exact) mass is 179 g/mol. The molecule has 1 rings (SSSR count). The van der Waals surface area contributed by atoms with Crippen LogP contribution in [0.2, 0.25) is 0 Å². The van der Waals surface area contributed by atoms with Crippen LogP contribution in [0.25, 0.3) is 0 Å². The molecule has 0 aliphatic rings. The van der Waals surface area contributed by atoms with Crippen molar-refractivity contribution in [3.63, 3.8) is 0 Å².